The fraction of sp³-hybridized carbons (Fsp3) is 0.263. The molecule has 0 radical (unpaired) electrons. The van der Waals surface area contributed by atoms with Gasteiger partial charge in [-0.3, -0.25) is 14.9 Å². The van der Waals surface area contributed by atoms with E-state index in [1.165, 1.54) is 12.1 Å². The molecule has 0 aromatic heterocycles. The number of hydrogen-bond acceptors (Lipinski definition) is 6. The number of nitro benzene ring substituents is 1. The van der Waals surface area contributed by atoms with Gasteiger partial charge in [-0.25, -0.2) is 5.43 Å². The van der Waals surface area contributed by atoms with Gasteiger partial charge in [0.25, 0.3) is 11.6 Å². The predicted molar refractivity (Wildman–Crippen MR) is 104 cm³/mol. The minimum Gasteiger partial charge on any atom is -0.497 e. The Morgan fingerprint density at radius 2 is 1.96 bits per heavy atom. The Morgan fingerprint density at radius 3 is 2.59 bits per heavy atom. The molecule has 2 aromatic rings. The maximum absolute atomic E-state index is 12.0. The molecule has 0 unspecified atom stereocenters. The highest BCUT2D eigenvalue weighted by Crippen LogP contribution is 2.16. The van der Waals surface area contributed by atoms with Crippen molar-refractivity contribution in [3.8, 4) is 5.75 Å². The van der Waals surface area contributed by atoms with Crippen molar-refractivity contribution in [3.05, 3.63) is 64.2 Å². The molecule has 8 heteroatoms. The second-order valence-electron chi connectivity index (χ2n) is 5.73. The average Bonchev–Trinajstić information content (AvgIpc) is 2.70. The lowest BCUT2D eigenvalue weighted by atomic mass is 10.1. The van der Waals surface area contributed by atoms with E-state index in [0.717, 1.165) is 17.9 Å². The first-order chi connectivity index (χ1) is 13.0. The van der Waals surface area contributed by atoms with Crippen molar-refractivity contribution in [2.45, 2.75) is 19.8 Å². The fourth-order valence-corrected chi connectivity index (χ4v) is 2.36. The summed E-state index contributed by atoms with van der Waals surface area (Å²) in [4.78, 5) is 22.5. The normalized spacial score (nSPS) is 11.0. The molecule has 2 N–H and O–H groups in total. The number of rotatable bonds is 9. The summed E-state index contributed by atoms with van der Waals surface area (Å²) in [6, 6.07) is 13.4. The van der Waals surface area contributed by atoms with Crippen LogP contribution in [-0.2, 0) is 4.79 Å². The van der Waals surface area contributed by atoms with Crippen molar-refractivity contribution in [2.75, 3.05) is 19.0 Å². The number of nitrogens with zero attached hydrogens (tertiary/aromatic N) is 2. The number of non-ortho nitro benzene ring substituents is 1. The number of methoxy groups -OCH3 is 1. The molecule has 1 amide bonds. The summed E-state index contributed by atoms with van der Waals surface area (Å²) in [6.07, 6.45) is 1.38. The average molecular weight is 370 g/mol. The van der Waals surface area contributed by atoms with Crippen LogP contribution in [0, 0.1) is 10.1 Å². The molecular weight excluding hydrogens is 348 g/mol. The number of carbonyl (C=O) groups is 1. The van der Waals surface area contributed by atoms with Gasteiger partial charge in [-0.2, -0.15) is 5.10 Å². The minimum absolute atomic E-state index is 0.0104. The Balaban J connectivity index is 1.99. The lowest BCUT2D eigenvalue weighted by Gasteiger charge is -2.08. The van der Waals surface area contributed by atoms with Crippen LogP contribution >= 0.6 is 0 Å². The van der Waals surface area contributed by atoms with Crippen molar-refractivity contribution in [3.63, 3.8) is 0 Å². The monoisotopic (exact) mass is 370 g/mol. The maximum atomic E-state index is 12.0. The van der Waals surface area contributed by atoms with Gasteiger partial charge in [0.15, 0.2) is 0 Å². The predicted octanol–water partition coefficient (Wildman–Crippen LogP) is 3.34. The van der Waals surface area contributed by atoms with Crippen LogP contribution in [0.2, 0.25) is 0 Å². The molecule has 0 fully saturated rings. The zero-order chi connectivity index (χ0) is 19.6. The highest BCUT2D eigenvalue weighted by atomic mass is 16.6. The molecule has 0 heterocycles. The standard InChI is InChI=1S/C19H22N4O4/c1-3-5-18(14-6-4-7-16(12-14)23(25)26)21-22-19(24)13-20-15-8-10-17(27-2)11-9-15/h4,6-12,20H,3,5,13H2,1-2H3,(H,22,24)/b21-18-. The third kappa shape index (κ3) is 6.10. The molecule has 8 nitrogen and oxygen atoms in total. The van der Waals surface area contributed by atoms with E-state index >= 15 is 0 Å². The number of benzene rings is 2. The molecule has 0 aliphatic heterocycles. The smallest absolute Gasteiger partial charge is 0.270 e. The summed E-state index contributed by atoms with van der Waals surface area (Å²) in [5, 5.41) is 18.1. The maximum Gasteiger partial charge on any atom is 0.270 e. The van der Waals surface area contributed by atoms with E-state index in [1.54, 1.807) is 43.5 Å². The first kappa shape index (κ1) is 19.9. The lowest BCUT2D eigenvalue weighted by Crippen LogP contribution is -2.27. The number of nitro groups is 1. The molecule has 0 atom stereocenters. The summed E-state index contributed by atoms with van der Waals surface area (Å²) >= 11 is 0. The number of amides is 1. The Kier molecular flexibility index (Phi) is 7.30. The molecule has 0 bridgehead atoms. The van der Waals surface area contributed by atoms with E-state index < -0.39 is 4.92 Å². The summed E-state index contributed by atoms with van der Waals surface area (Å²) in [5.74, 6) is 0.417. The molecule has 2 rings (SSSR count). The molecule has 0 saturated carbocycles. The highest BCUT2D eigenvalue weighted by Gasteiger charge is 2.10. The molecular formula is C19H22N4O4. The van der Waals surface area contributed by atoms with E-state index in [4.69, 9.17) is 4.74 Å². The third-order valence-electron chi connectivity index (χ3n) is 3.74. The first-order valence-corrected chi connectivity index (χ1v) is 8.51. The second kappa shape index (κ2) is 9.91. The van der Waals surface area contributed by atoms with Crippen molar-refractivity contribution >= 4 is 23.0 Å². The van der Waals surface area contributed by atoms with Crippen LogP contribution < -0.4 is 15.5 Å². The van der Waals surface area contributed by atoms with Crippen molar-refractivity contribution < 1.29 is 14.5 Å². The Bertz CT molecular complexity index is 819. The lowest BCUT2D eigenvalue weighted by molar-refractivity contribution is -0.384. The topological polar surface area (TPSA) is 106 Å². The number of hydrogen-bond donors (Lipinski definition) is 2. The van der Waals surface area contributed by atoms with Gasteiger partial charge >= 0.3 is 0 Å². The van der Waals surface area contributed by atoms with Crippen LogP contribution in [0.4, 0.5) is 11.4 Å². The largest absolute Gasteiger partial charge is 0.497 e. The summed E-state index contributed by atoms with van der Waals surface area (Å²) < 4.78 is 5.08. The van der Waals surface area contributed by atoms with E-state index in [1.807, 2.05) is 6.92 Å². The third-order valence-corrected chi connectivity index (χ3v) is 3.74. The zero-order valence-electron chi connectivity index (χ0n) is 15.3. The summed E-state index contributed by atoms with van der Waals surface area (Å²) in [5.41, 5.74) is 4.49. The molecule has 0 saturated heterocycles. The minimum atomic E-state index is -0.454. The van der Waals surface area contributed by atoms with Crippen LogP contribution in [0.3, 0.4) is 0 Å². The van der Waals surface area contributed by atoms with Gasteiger partial charge < -0.3 is 10.1 Å². The molecule has 142 valence electrons. The van der Waals surface area contributed by atoms with E-state index in [2.05, 4.69) is 15.8 Å². The van der Waals surface area contributed by atoms with E-state index in [-0.39, 0.29) is 18.1 Å². The number of carbonyl (C=O) groups excluding carboxylic acids is 1. The van der Waals surface area contributed by atoms with Gasteiger partial charge in [0.2, 0.25) is 0 Å². The van der Waals surface area contributed by atoms with Crippen LogP contribution in [0.25, 0.3) is 0 Å². The molecule has 2 aromatic carbocycles. The fourth-order valence-electron chi connectivity index (χ4n) is 2.36. The second-order valence-corrected chi connectivity index (χ2v) is 5.73. The highest BCUT2D eigenvalue weighted by molar-refractivity contribution is 6.01. The van der Waals surface area contributed by atoms with Crippen LogP contribution in [0.5, 0.6) is 5.75 Å². The number of hydrazone groups is 1. The van der Waals surface area contributed by atoms with Gasteiger partial charge in [0.05, 0.1) is 24.3 Å². The summed E-state index contributed by atoms with van der Waals surface area (Å²) in [7, 11) is 1.59. The Labute approximate surface area is 157 Å². The molecule has 27 heavy (non-hydrogen) atoms. The van der Waals surface area contributed by atoms with E-state index in [9.17, 15) is 14.9 Å². The van der Waals surface area contributed by atoms with Crippen molar-refractivity contribution in [2.24, 2.45) is 5.10 Å². The first-order valence-electron chi connectivity index (χ1n) is 8.51. The quantitative estimate of drug-likeness (QED) is 0.400. The van der Waals surface area contributed by atoms with Gasteiger partial charge in [-0.05, 0) is 30.7 Å². The number of ether oxygens (including phenoxy) is 1. The van der Waals surface area contributed by atoms with Gasteiger partial charge in [0, 0.05) is 23.4 Å². The molecule has 0 aliphatic carbocycles. The van der Waals surface area contributed by atoms with Crippen molar-refractivity contribution in [1.82, 2.24) is 5.43 Å². The zero-order valence-corrected chi connectivity index (χ0v) is 15.3. The number of anilines is 1. The summed E-state index contributed by atoms with van der Waals surface area (Å²) in [6.45, 7) is 2.02. The van der Waals surface area contributed by atoms with Crippen LogP contribution in [-0.4, -0.2) is 30.2 Å². The molecule has 0 spiro atoms. The Hall–Kier alpha value is -3.42. The number of nitrogens with one attached hydrogen (secondary N) is 2. The van der Waals surface area contributed by atoms with Crippen LogP contribution in [0.1, 0.15) is 25.3 Å². The van der Waals surface area contributed by atoms with Gasteiger partial charge in [0.1, 0.15) is 5.75 Å². The van der Waals surface area contributed by atoms with Gasteiger partial charge in [-0.1, -0.05) is 25.5 Å². The van der Waals surface area contributed by atoms with Gasteiger partial charge in [-0.15, -0.1) is 0 Å². The SMILES string of the molecule is CCC/C(=N/NC(=O)CNc1ccc(OC)cc1)c1cccc([N+](=O)[O-])c1. The van der Waals surface area contributed by atoms with Crippen molar-refractivity contribution in [1.29, 1.82) is 0 Å². The van der Waals surface area contributed by atoms with E-state index in [0.29, 0.717) is 17.7 Å². The van der Waals surface area contributed by atoms with Crippen LogP contribution in [0.15, 0.2) is 53.6 Å². The Morgan fingerprint density at radius 1 is 1.22 bits per heavy atom. The molecule has 0 aliphatic rings.